The standard InChI is InChI=1S/C14H22N4O/c1-16-8-4-11-5-9-18(10-6-11)14-12(13(15)19)3-2-7-17-14/h2-3,7,11,16H,4-6,8-10H2,1H3,(H2,15,19). The van der Waals surface area contributed by atoms with Crippen molar-refractivity contribution in [3.8, 4) is 0 Å². The molecule has 0 aliphatic carbocycles. The van der Waals surface area contributed by atoms with Crippen LogP contribution in [0, 0.1) is 5.92 Å². The van der Waals surface area contributed by atoms with E-state index in [1.807, 2.05) is 7.05 Å². The largest absolute Gasteiger partial charge is 0.365 e. The zero-order chi connectivity index (χ0) is 13.7. The molecule has 0 aromatic carbocycles. The monoisotopic (exact) mass is 262 g/mol. The number of nitrogens with two attached hydrogens (primary N) is 1. The minimum Gasteiger partial charge on any atom is -0.365 e. The van der Waals surface area contributed by atoms with Crippen LogP contribution < -0.4 is 16.0 Å². The van der Waals surface area contributed by atoms with E-state index in [0.29, 0.717) is 5.56 Å². The van der Waals surface area contributed by atoms with Crippen LogP contribution in [0.2, 0.25) is 0 Å². The van der Waals surface area contributed by atoms with Crippen LogP contribution in [0.5, 0.6) is 0 Å². The number of carbonyl (C=O) groups is 1. The van der Waals surface area contributed by atoms with Gasteiger partial charge in [-0.05, 0) is 50.9 Å². The maximum absolute atomic E-state index is 11.4. The minimum atomic E-state index is -0.402. The van der Waals surface area contributed by atoms with Gasteiger partial charge in [0.2, 0.25) is 0 Å². The van der Waals surface area contributed by atoms with Gasteiger partial charge in [0.25, 0.3) is 5.91 Å². The average Bonchev–Trinajstić information content (AvgIpc) is 2.45. The Morgan fingerprint density at radius 1 is 1.53 bits per heavy atom. The van der Waals surface area contributed by atoms with Crippen molar-refractivity contribution in [3.63, 3.8) is 0 Å². The van der Waals surface area contributed by atoms with E-state index in [4.69, 9.17) is 5.73 Å². The Labute approximate surface area is 114 Å². The average molecular weight is 262 g/mol. The highest BCUT2D eigenvalue weighted by molar-refractivity contribution is 5.97. The topological polar surface area (TPSA) is 71.2 Å². The molecule has 19 heavy (non-hydrogen) atoms. The predicted octanol–water partition coefficient (Wildman–Crippen LogP) is 1.01. The number of primary amides is 1. The third kappa shape index (κ3) is 3.44. The van der Waals surface area contributed by atoms with Crippen molar-refractivity contribution in [3.05, 3.63) is 23.9 Å². The highest BCUT2D eigenvalue weighted by Gasteiger charge is 2.22. The summed E-state index contributed by atoms with van der Waals surface area (Å²) in [6.45, 7) is 2.97. The number of piperidine rings is 1. The zero-order valence-corrected chi connectivity index (χ0v) is 11.4. The molecule has 1 aliphatic heterocycles. The van der Waals surface area contributed by atoms with Gasteiger partial charge in [-0.3, -0.25) is 4.79 Å². The summed E-state index contributed by atoms with van der Waals surface area (Å²) in [5, 5.41) is 3.19. The van der Waals surface area contributed by atoms with E-state index in [9.17, 15) is 4.79 Å². The van der Waals surface area contributed by atoms with E-state index >= 15 is 0 Å². The first-order valence-corrected chi connectivity index (χ1v) is 6.86. The summed E-state index contributed by atoms with van der Waals surface area (Å²) >= 11 is 0. The molecule has 3 N–H and O–H groups in total. The summed E-state index contributed by atoms with van der Waals surface area (Å²) in [7, 11) is 1.99. The first-order valence-electron chi connectivity index (χ1n) is 6.86. The van der Waals surface area contributed by atoms with Crippen LogP contribution in [0.1, 0.15) is 29.6 Å². The Morgan fingerprint density at radius 3 is 2.89 bits per heavy atom. The smallest absolute Gasteiger partial charge is 0.252 e. The molecule has 2 heterocycles. The van der Waals surface area contributed by atoms with E-state index in [0.717, 1.165) is 44.2 Å². The number of hydrogen-bond acceptors (Lipinski definition) is 4. The molecule has 1 saturated heterocycles. The van der Waals surface area contributed by atoms with Gasteiger partial charge in [0, 0.05) is 19.3 Å². The number of rotatable bonds is 5. The Bertz CT molecular complexity index is 427. The number of aromatic nitrogens is 1. The van der Waals surface area contributed by atoms with Crippen molar-refractivity contribution in [1.29, 1.82) is 0 Å². The van der Waals surface area contributed by atoms with Crippen LogP contribution in [0.15, 0.2) is 18.3 Å². The lowest BCUT2D eigenvalue weighted by Gasteiger charge is -2.33. The molecule has 5 nitrogen and oxygen atoms in total. The van der Waals surface area contributed by atoms with Crippen molar-refractivity contribution >= 4 is 11.7 Å². The fraction of sp³-hybridized carbons (Fsp3) is 0.571. The van der Waals surface area contributed by atoms with Gasteiger partial charge < -0.3 is 16.0 Å². The van der Waals surface area contributed by atoms with Crippen molar-refractivity contribution in [2.45, 2.75) is 19.3 Å². The molecule has 0 bridgehead atoms. The lowest BCUT2D eigenvalue weighted by Crippen LogP contribution is -2.36. The summed E-state index contributed by atoms with van der Waals surface area (Å²) < 4.78 is 0. The molecule has 1 aliphatic rings. The first-order chi connectivity index (χ1) is 9.22. The van der Waals surface area contributed by atoms with Crippen LogP contribution in [-0.4, -0.2) is 37.6 Å². The molecule has 1 fully saturated rings. The second-order valence-electron chi connectivity index (χ2n) is 5.06. The van der Waals surface area contributed by atoms with Crippen molar-refractivity contribution < 1.29 is 4.79 Å². The maximum Gasteiger partial charge on any atom is 0.252 e. The number of pyridine rings is 1. The second-order valence-corrected chi connectivity index (χ2v) is 5.06. The molecule has 1 amide bonds. The molecule has 104 valence electrons. The van der Waals surface area contributed by atoms with E-state index in [-0.39, 0.29) is 0 Å². The number of hydrogen-bond donors (Lipinski definition) is 2. The van der Waals surface area contributed by atoms with Crippen LogP contribution in [-0.2, 0) is 0 Å². The van der Waals surface area contributed by atoms with Gasteiger partial charge in [-0.25, -0.2) is 4.98 Å². The number of nitrogens with zero attached hydrogens (tertiary/aromatic N) is 2. The number of amides is 1. The van der Waals surface area contributed by atoms with Crippen LogP contribution in [0.25, 0.3) is 0 Å². The van der Waals surface area contributed by atoms with E-state index < -0.39 is 5.91 Å². The van der Waals surface area contributed by atoms with E-state index in [2.05, 4.69) is 15.2 Å². The second kappa shape index (κ2) is 6.52. The molecule has 2 rings (SSSR count). The molecule has 1 aromatic heterocycles. The van der Waals surface area contributed by atoms with Gasteiger partial charge in [0.05, 0.1) is 5.56 Å². The normalized spacial score (nSPS) is 16.6. The van der Waals surface area contributed by atoms with Crippen molar-refractivity contribution in [1.82, 2.24) is 10.3 Å². The summed E-state index contributed by atoms with van der Waals surface area (Å²) in [6.07, 6.45) is 5.23. The molecule has 0 saturated carbocycles. The highest BCUT2D eigenvalue weighted by Crippen LogP contribution is 2.25. The minimum absolute atomic E-state index is 0.402. The van der Waals surface area contributed by atoms with Gasteiger partial charge in [0.15, 0.2) is 0 Å². The lowest BCUT2D eigenvalue weighted by molar-refractivity contribution is 0.100. The molecule has 0 spiro atoms. The SMILES string of the molecule is CNCCC1CCN(c2ncccc2C(N)=O)CC1. The van der Waals surface area contributed by atoms with Gasteiger partial charge in [-0.2, -0.15) is 0 Å². The quantitative estimate of drug-likeness (QED) is 0.830. The van der Waals surface area contributed by atoms with Gasteiger partial charge in [-0.1, -0.05) is 0 Å². The molecular formula is C14H22N4O. The third-order valence-corrected chi connectivity index (χ3v) is 3.77. The molecule has 0 radical (unpaired) electrons. The summed E-state index contributed by atoms with van der Waals surface area (Å²) in [5.74, 6) is 1.10. The molecule has 0 unspecified atom stereocenters. The molecule has 0 atom stereocenters. The van der Waals surface area contributed by atoms with Crippen LogP contribution >= 0.6 is 0 Å². The Hall–Kier alpha value is -1.62. The third-order valence-electron chi connectivity index (χ3n) is 3.77. The van der Waals surface area contributed by atoms with Crippen molar-refractivity contribution in [2.75, 3.05) is 31.6 Å². The van der Waals surface area contributed by atoms with Crippen LogP contribution in [0.4, 0.5) is 5.82 Å². The summed E-state index contributed by atoms with van der Waals surface area (Å²) in [6, 6.07) is 3.50. The molecule has 5 heteroatoms. The summed E-state index contributed by atoms with van der Waals surface area (Å²) in [5.41, 5.74) is 5.92. The number of anilines is 1. The van der Waals surface area contributed by atoms with E-state index in [1.54, 1.807) is 18.3 Å². The predicted molar refractivity (Wildman–Crippen MR) is 76.2 cm³/mol. The Balaban J connectivity index is 2.00. The first kappa shape index (κ1) is 13.8. The van der Waals surface area contributed by atoms with Gasteiger partial charge in [-0.15, -0.1) is 0 Å². The number of carbonyl (C=O) groups excluding carboxylic acids is 1. The Morgan fingerprint density at radius 2 is 2.26 bits per heavy atom. The van der Waals surface area contributed by atoms with Gasteiger partial charge in [0.1, 0.15) is 5.82 Å². The molecule has 1 aromatic rings. The van der Waals surface area contributed by atoms with E-state index in [1.165, 1.54) is 6.42 Å². The van der Waals surface area contributed by atoms with Crippen LogP contribution in [0.3, 0.4) is 0 Å². The Kier molecular flexibility index (Phi) is 4.74. The van der Waals surface area contributed by atoms with Gasteiger partial charge >= 0.3 is 0 Å². The highest BCUT2D eigenvalue weighted by atomic mass is 16.1. The maximum atomic E-state index is 11.4. The van der Waals surface area contributed by atoms with Crippen molar-refractivity contribution in [2.24, 2.45) is 11.7 Å². The lowest BCUT2D eigenvalue weighted by atomic mass is 9.93. The fourth-order valence-electron chi connectivity index (χ4n) is 2.62. The molecular weight excluding hydrogens is 240 g/mol. The number of nitrogens with one attached hydrogen (secondary N) is 1. The fourth-order valence-corrected chi connectivity index (χ4v) is 2.62. The zero-order valence-electron chi connectivity index (χ0n) is 11.4. The summed E-state index contributed by atoms with van der Waals surface area (Å²) in [4.78, 5) is 17.9.